The summed E-state index contributed by atoms with van der Waals surface area (Å²) in [5, 5.41) is 10.8. The van der Waals surface area contributed by atoms with Gasteiger partial charge < -0.3 is 9.80 Å². The molecule has 0 atom stereocenters. The molecule has 0 radical (unpaired) electrons. The van der Waals surface area contributed by atoms with E-state index in [0.29, 0.717) is 0 Å². The first kappa shape index (κ1) is 39.4. The van der Waals surface area contributed by atoms with Crippen molar-refractivity contribution in [2.75, 3.05) is 9.80 Å². The molecule has 4 heterocycles. The molecule has 0 N–H and O–H groups in total. The summed E-state index contributed by atoms with van der Waals surface area (Å²) >= 11 is 0. The number of anilines is 6. The van der Waals surface area contributed by atoms with Gasteiger partial charge in [0.1, 0.15) is 25.3 Å². The predicted molar refractivity (Wildman–Crippen MR) is 269 cm³/mol. The van der Waals surface area contributed by atoms with Crippen molar-refractivity contribution in [3.63, 3.8) is 0 Å². The highest BCUT2D eigenvalue weighted by Gasteiger charge is 2.31. The number of rotatable bonds is 6. The minimum absolute atomic E-state index is 0.250. The van der Waals surface area contributed by atoms with Crippen LogP contribution in [0.3, 0.4) is 0 Å². The fourth-order valence-corrected chi connectivity index (χ4v) is 10.1. The molecular weight excluding hydrogens is 813 g/mol. The lowest BCUT2D eigenvalue weighted by molar-refractivity contribution is 0.595. The average molecular weight is 857 g/mol. The second-order valence-corrected chi connectivity index (χ2v) is 19.1. The van der Waals surface area contributed by atoms with E-state index in [1.807, 2.05) is 49.1 Å². The van der Waals surface area contributed by atoms with E-state index in [1.54, 1.807) is 25.3 Å². The van der Waals surface area contributed by atoms with Crippen molar-refractivity contribution in [3.05, 3.63) is 170 Å². The third-order valence-electron chi connectivity index (χ3n) is 13.0. The number of benzene rings is 8. The Morgan fingerprint density at radius 1 is 0.318 bits per heavy atom. The van der Waals surface area contributed by atoms with Gasteiger partial charge in [0.2, 0.25) is 0 Å². The molecule has 10 heteroatoms. The second kappa shape index (κ2) is 14.6. The van der Waals surface area contributed by atoms with Gasteiger partial charge in [0.05, 0.1) is 56.2 Å². The number of hydrogen-bond donors (Lipinski definition) is 0. The molecule has 0 bridgehead atoms. The number of nitrogens with zero attached hydrogens (tertiary/aromatic N) is 10. The first-order chi connectivity index (χ1) is 32.0. The molecule has 0 aliphatic carbocycles. The van der Waals surface area contributed by atoms with Gasteiger partial charge in [0.15, 0.2) is 0 Å². The smallest absolute Gasteiger partial charge is 0.116 e. The van der Waals surface area contributed by atoms with E-state index in [4.69, 9.17) is 19.9 Å². The minimum Gasteiger partial charge on any atom is -0.308 e. The molecule has 0 saturated heterocycles. The van der Waals surface area contributed by atoms with E-state index < -0.39 is 0 Å². The molecule has 0 amide bonds. The normalized spacial score (nSPS) is 12.4. The predicted octanol–water partition coefficient (Wildman–Crippen LogP) is 13.9. The number of fused-ring (bicyclic) bond motifs is 4. The Hall–Kier alpha value is -8.24. The molecular formula is C56H44N10. The zero-order valence-electron chi connectivity index (χ0n) is 37.5. The lowest BCUT2D eigenvalue weighted by atomic mass is 9.77. The zero-order valence-corrected chi connectivity index (χ0v) is 37.5. The highest BCUT2D eigenvalue weighted by molar-refractivity contribution is 6.30. The van der Waals surface area contributed by atoms with E-state index in [0.717, 1.165) is 88.5 Å². The Kier molecular flexibility index (Phi) is 8.74. The molecule has 12 aromatic rings. The van der Waals surface area contributed by atoms with E-state index in [-0.39, 0.29) is 10.8 Å². The quantitative estimate of drug-likeness (QED) is 0.150. The monoisotopic (exact) mass is 856 g/mol. The summed E-state index contributed by atoms with van der Waals surface area (Å²) in [6, 6.07) is 39.3. The molecule has 66 heavy (non-hydrogen) atoms. The SMILES string of the molecule is CC(C)(C)c1cc(N(c2cccc3ncncc23)c2cccc3ncncc23)c2ccc3c(C(C)(C)C)cc(N(c4cccc5ncncc45)c4cccc5ncncc45)c4ccc1c2c43. The Balaban J connectivity index is 1.27. The Morgan fingerprint density at radius 3 is 0.894 bits per heavy atom. The van der Waals surface area contributed by atoms with E-state index >= 15 is 0 Å². The molecule has 0 spiro atoms. The fourth-order valence-electron chi connectivity index (χ4n) is 10.1. The van der Waals surface area contributed by atoms with Gasteiger partial charge in [0, 0.05) is 57.1 Å². The molecule has 318 valence electrons. The maximum atomic E-state index is 4.72. The van der Waals surface area contributed by atoms with Gasteiger partial charge in [-0.3, -0.25) is 0 Å². The molecule has 0 aliphatic rings. The van der Waals surface area contributed by atoms with E-state index in [1.165, 1.54) is 32.7 Å². The summed E-state index contributed by atoms with van der Waals surface area (Å²) in [5.41, 5.74) is 11.3. The molecule has 4 aromatic heterocycles. The van der Waals surface area contributed by atoms with Crippen molar-refractivity contribution in [1.29, 1.82) is 0 Å². The van der Waals surface area contributed by atoms with Crippen molar-refractivity contribution in [3.8, 4) is 0 Å². The summed E-state index contributed by atoms with van der Waals surface area (Å²) in [7, 11) is 0. The molecule has 0 saturated carbocycles. The van der Waals surface area contributed by atoms with Crippen LogP contribution in [0.15, 0.2) is 159 Å². The number of hydrogen-bond acceptors (Lipinski definition) is 10. The molecule has 0 aliphatic heterocycles. The van der Waals surface area contributed by atoms with Gasteiger partial charge in [0.25, 0.3) is 0 Å². The van der Waals surface area contributed by atoms with Crippen molar-refractivity contribution in [2.24, 2.45) is 0 Å². The fraction of sp³-hybridized carbons (Fsp3) is 0.143. The van der Waals surface area contributed by atoms with Gasteiger partial charge in [-0.05, 0) is 104 Å². The average Bonchev–Trinajstić information content (AvgIpc) is 3.33. The molecule has 12 rings (SSSR count). The third-order valence-corrected chi connectivity index (χ3v) is 13.0. The van der Waals surface area contributed by atoms with E-state index in [2.05, 4.69) is 156 Å². The van der Waals surface area contributed by atoms with Crippen LogP contribution in [0.5, 0.6) is 0 Å². The Bertz CT molecular complexity index is 3460. The van der Waals surface area contributed by atoms with Crippen molar-refractivity contribution in [2.45, 2.75) is 52.4 Å². The van der Waals surface area contributed by atoms with Crippen LogP contribution < -0.4 is 9.80 Å². The van der Waals surface area contributed by atoms with Crippen LogP contribution in [-0.2, 0) is 10.8 Å². The largest absolute Gasteiger partial charge is 0.308 e. The maximum absolute atomic E-state index is 4.72. The van der Waals surface area contributed by atoms with Crippen molar-refractivity contribution < 1.29 is 0 Å². The first-order valence-electron chi connectivity index (χ1n) is 22.2. The Morgan fingerprint density at radius 2 is 0.606 bits per heavy atom. The van der Waals surface area contributed by atoms with Gasteiger partial charge in [-0.15, -0.1) is 0 Å². The topological polar surface area (TPSA) is 110 Å². The van der Waals surface area contributed by atoms with Crippen LogP contribution in [-0.4, -0.2) is 39.9 Å². The third kappa shape index (κ3) is 6.09. The van der Waals surface area contributed by atoms with Crippen LogP contribution in [0.25, 0.3) is 75.9 Å². The number of aromatic nitrogens is 8. The Labute approximate surface area is 381 Å². The standard InChI is InChI=1S/C56H44N10/c1-55(2,3)41-23-51(65(47-15-7-11-43-37(47)25-57-29-61-43)48-16-8-12-44-38(48)26-58-30-62-44)35-22-20-34-42(56(4,5)6)24-52(36-21-19-33(41)53(35)54(34)36)66(49-17-9-13-45-39(49)27-59-31-63-45)50-18-10-14-46-40(50)28-60-32-64-46/h7-32H,1-6H3. The first-order valence-corrected chi connectivity index (χ1v) is 22.2. The van der Waals surface area contributed by atoms with Crippen molar-refractivity contribution in [1.82, 2.24) is 39.9 Å². The molecule has 10 nitrogen and oxygen atoms in total. The minimum atomic E-state index is -0.250. The van der Waals surface area contributed by atoms with Gasteiger partial charge in [-0.2, -0.15) is 0 Å². The van der Waals surface area contributed by atoms with Crippen molar-refractivity contribution >= 4 is 110 Å². The molecule has 0 fully saturated rings. The van der Waals surface area contributed by atoms with Gasteiger partial charge in [-0.1, -0.05) is 90.1 Å². The van der Waals surface area contributed by atoms with Crippen LogP contribution in [0.1, 0.15) is 52.7 Å². The summed E-state index contributed by atoms with van der Waals surface area (Å²) in [6.07, 6.45) is 14.1. The highest BCUT2D eigenvalue weighted by Crippen LogP contribution is 2.53. The summed E-state index contributed by atoms with van der Waals surface area (Å²) in [5.74, 6) is 0. The summed E-state index contributed by atoms with van der Waals surface area (Å²) in [4.78, 5) is 41.9. The lowest BCUT2D eigenvalue weighted by Crippen LogP contribution is -2.18. The van der Waals surface area contributed by atoms with Crippen LogP contribution >= 0.6 is 0 Å². The van der Waals surface area contributed by atoms with Crippen LogP contribution in [0, 0.1) is 0 Å². The van der Waals surface area contributed by atoms with Crippen LogP contribution in [0.2, 0.25) is 0 Å². The summed E-state index contributed by atoms with van der Waals surface area (Å²) in [6.45, 7) is 13.9. The highest BCUT2D eigenvalue weighted by atomic mass is 15.2. The van der Waals surface area contributed by atoms with Gasteiger partial charge in [-0.25, -0.2) is 39.9 Å². The van der Waals surface area contributed by atoms with Crippen LogP contribution in [0.4, 0.5) is 34.1 Å². The summed E-state index contributed by atoms with van der Waals surface area (Å²) < 4.78 is 0. The van der Waals surface area contributed by atoms with Gasteiger partial charge >= 0.3 is 0 Å². The maximum Gasteiger partial charge on any atom is 0.116 e. The molecule has 0 unspecified atom stereocenters. The van der Waals surface area contributed by atoms with E-state index in [9.17, 15) is 0 Å². The zero-order chi connectivity index (χ0) is 44.9. The second-order valence-electron chi connectivity index (χ2n) is 19.1. The lowest BCUT2D eigenvalue weighted by Gasteiger charge is -2.34. The molecule has 8 aromatic carbocycles.